The van der Waals surface area contributed by atoms with Crippen LogP contribution >= 0.6 is 0 Å². The summed E-state index contributed by atoms with van der Waals surface area (Å²) in [5.41, 5.74) is 0.996. The van der Waals surface area contributed by atoms with Gasteiger partial charge in [-0.05, 0) is 6.92 Å². The molecule has 0 aliphatic rings. The molecule has 0 aliphatic carbocycles. The van der Waals surface area contributed by atoms with Crippen LogP contribution in [-0.2, 0) is 20.4 Å². The summed E-state index contributed by atoms with van der Waals surface area (Å²) in [7, 11) is 3.65. The molecular weight excluding hydrogens is 286 g/mol. The Labute approximate surface area is 70.3 Å². The van der Waals surface area contributed by atoms with E-state index < -0.39 is 0 Å². The predicted octanol–water partition coefficient (Wildman–Crippen LogP) is 1.19. The standard InChI is InChI=1S/C6H12N2.Re/c1-6(2)8(4)5-7-3;/h5H,1H2,2-4H3;. The van der Waals surface area contributed by atoms with Gasteiger partial charge in [0.15, 0.2) is 0 Å². The Kier molecular flexibility index (Phi) is 7.76. The van der Waals surface area contributed by atoms with Crippen molar-refractivity contribution in [2.75, 3.05) is 14.1 Å². The Balaban J connectivity index is 0. The normalized spacial score (nSPS) is 9.89. The average Bonchev–Trinajstić information content (AvgIpc) is 1.67. The van der Waals surface area contributed by atoms with E-state index in [-0.39, 0.29) is 20.4 Å². The van der Waals surface area contributed by atoms with Crippen LogP contribution in [0, 0.1) is 0 Å². The van der Waals surface area contributed by atoms with E-state index in [2.05, 4.69) is 11.9 Å². The molecule has 0 rings (SSSR count). The molecule has 0 aromatic rings. The van der Waals surface area contributed by atoms with Crippen molar-refractivity contribution >= 4 is 6.34 Å². The van der Waals surface area contributed by atoms with Gasteiger partial charge >= 0.3 is 0 Å². The Morgan fingerprint density at radius 1 is 1.67 bits per heavy atom. The van der Waals surface area contributed by atoms with Crippen LogP contribution in [-0.4, -0.2) is 25.0 Å². The van der Waals surface area contributed by atoms with Crippen molar-refractivity contribution in [1.29, 1.82) is 0 Å². The average molecular weight is 298 g/mol. The molecule has 0 unspecified atom stereocenters. The van der Waals surface area contributed by atoms with E-state index in [1.165, 1.54) is 0 Å². The fraction of sp³-hybridized carbons (Fsp3) is 0.500. The van der Waals surface area contributed by atoms with E-state index in [0.29, 0.717) is 0 Å². The molecule has 1 radical (unpaired) electrons. The zero-order chi connectivity index (χ0) is 6.57. The molecule has 0 saturated carbocycles. The van der Waals surface area contributed by atoms with Gasteiger partial charge in [0.1, 0.15) is 0 Å². The largest absolute Gasteiger partial charge is 0.340 e. The van der Waals surface area contributed by atoms with Gasteiger partial charge in [0, 0.05) is 40.2 Å². The maximum Gasteiger partial charge on any atom is 0.0885 e. The van der Waals surface area contributed by atoms with Crippen molar-refractivity contribution in [2.24, 2.45) is 0 Å². The second kappa shape index (κ2) is 6.00. The van der Waals surface area contributed by atoms with Crippen LogP contribution in [0.4, 0.5) is 0 Å². The minimum absolute atomic E-state index is 0. The zero-order valence-corrected chi connectivity index (χ0v) is 8.77. The van der Waals surface area contributed by atoms with Gasteiger partial charge in [-0.25, -0.2) is 0 Å². The number of rotatable bonds is 2. The van der Waals surface area contributed by atoms with Crippen molar-refractivity contribution in [1.82, 2.24) is 0 Å². The minimum atomic E-state index is 0. The van der Waals surface area contributed by atoms with Crippen LogP contribution in [0.2, 0.25) is 0 Å². The molecule has 0 aromatic heterocycles. The molecule has 2 nitrogen and oxygen atoms in total. The predicted molar refractivity (Wildman–Crippen MR) is 36.3 cm³/mol. The first-order chi connectivity index (χ1) is 3.68. The Hall–Kier alpha value is -0.128. The van der Waals surface area contributed by atoms with Gasteiger partial charge in [-0.3, -0.25) is 5.32 Å². The van der Waals surface area contributed by atoms with E-state index in [1.807, 2.05) is 18.5 Å². The number of hydrogen-bond acceptors (Lipinski definition) is 0. The topological polar surface area (TPSA) is 17.1 Å². The summed E-state index contributed by atoms with van der Waals surface area (Å²) < 4.78 is 1.86. The van der Waals surface area contributed by atoms with E-state index in [1.54, 1.807) is 13.4 Å². The van der Waals surface area contributed by atoms with Crippen LogP contribution in [0.15, 0.2) is 12.3 Å². The van der Waals surface area contributed by atoms with Crippen molar-refractivity contribution < 1.29 is 25.0 Å². The van der Waals surface area contributed by atoms with Crippen LogP contribution in [0.3, 0.4) is 0 Å². The third kappa shape index (κ3) is 5.75. The molecule has 0 spiro atoms. The van der Waals surface area contributed by atoms with Gasteiger partial charge in [-0.1, -0.05) is 6.58 Å². The molecule has 0 bridgehead atoms. The van der Waals surface area contributed by atoms with Crippen molar-refractivity contribution in [3.8, 4) is 0 Å². The first kappa shape index (κ1) is 11.6. The molecule has 3 heteroatoms. The first-order valence-corrected chi connectivity index (χ1v) is 2.49. The molecule has 0 amide bonds. The molecule has 9 heavy (non-hydrogen) atoms. The quantitative estimate of drug-likeness (QED) is 0.414. The molecule has 0 N–H and O–H groups in total. The summed E-state index contributed by atoms with van der Waals surface area (Å²) in [4.78, 5) is 0. The monoisotopic (exact) mass is 299 g/mol. The zero-order valence-electron chi connectivity index (χ0n) is 6.06. The molecule has 0 aliphatic heterocycles. The first-order valence-electron chi connectivity index (χ1n) is 2.49. The Bertz CT molecular complexity index is 118. The fourth-order valence-corrected chi connectivity index (χ4v) is 0.272. The number of nitrogens with zero attached hydrogens (tertiary/aromatic N) is 2. The summed E-state index contributed by atoms with van der Waals surface area (Å²) in [5, 5.41) is 3.80. The molecule has 53 valence electrons. The van der Waals surface area contributed by atoms with Gasteiger partial charge in [0.2, 0.25) is 0 Å². The Morgan fingerprint density at radius 3 is 2.22 bits per heavy atom. The second-order valence-electron chi connectivity index (χ2n) is 1.72. The third-order valence-electron chi connectivity index (χ3n) is 0.891. The molecule has 0 atom stereocenters. The molecule has 0 heterocycles. The smallest absolute Gasteiger partial charge is 0.0885 e. The van der Waals surface area contributed by atoms with Crippen molar-refractivity contribution in [3.05, 3.63) is 17.6 Å². The van der Waals surface area contributed by atoms with Gasteiger partial charge in [0.05, 0.1) is 6.34 Å². The van der Waals surface area contributed by atoms with Crippen LogP contribution < -0.4 is 0 Å². The Morgan fingerprint density at radius 2 is 2.11 bits per heavy atom. The molecule has 0 saturated heterocycles. The van der Waals surface area contributed by atoms with Crippen molar-refractivity contribution in [2.45, 2.75) is 6.92 Å². The minimum Gasteiger partial charge on any atom is -0.340 e. The number of allylic oxidation sites excluding steroid dienone is 1. The summed E-state index contributed by atoms with van der Waals surface area (Å²) >= 11 is 0. The van der Waals surface area contributed by atoms with Gasteiger partial charge < -0.3 is 4.58 Å². The SMILES string of the molecule is C=C(C)[N+](C)=C[N-]C.[Re]. The summed E-state index contributed by atoms with van der Waals surface area (Å²) in [6.45, 7) is 5.64. The third-order valence-corrected chi connectivity index (χ3v) is 0.891. The maximum atomic E-state index is 3.80. The van der Waals surface area contributed by atoms with Crippen LogP contribution in [0.25, 0.3) is 5.32 Å². The van der Waals surface area contributed by atoms with Gasteiger partial charge in [0.25, 0.3) is 0 Å². The van der Waals surface area contributed by atoms with E-state index in [4.69, 9.17) is 0 Å². The molecule has 0 aromatic carbocycles. The summed E-state index contributed by atoms with van der Waals surface area (Å²) in [6.07, 6.45) is 1.72. The summed E-state index contributed by atoms with van der Waals surface area (Å²) in [5.74, 6) is 0. The molecular formula is C6H12N2Re. The van der Waals surface area contributed by atoms with E-state index in [9.17, 15) is 0 Å². The fourth-order valence-electron chi connectivity index (χ4n) is 0.272. The van der Waals surface area contributed by atoms with Gasteiger partial charge in [-0.2, -0.15) is 0 Å². The van der Waals surface area contributed by atoms with Gasteiger partial charge in [-0.15, -0.1) is 0 Å². The van der Waals surface area contributed by atoms with Crippen LogP contribution in [0.1, 0.15) is 6.92 Å². The van der Waals surface area contributed by atoms with Crippen LogP contribution in [0.5, 0.6) is 0 Å². The molecule has 0 fully saturated rings. The summed E-state index contributed by atoms with van der Waals surface area (Å²) in [6, 6.07) is 0. The van der Waals surface area contributed by atoms with E-state index >= 15 is 0 Å². The number of hydrogen-bond donors (Lipinski definition) is 0. The van der Waals surface area contributed by atoms with Crippen molar-refractivity contribution in [3.63, 3.8) is 0 Å². The van der Waals surface area contributed by atoms with E-state index in [0.717, 1.165) is 5.70 Å². The maximum absolute atomic E-state index is 3.80. The second-order valence-corrected chi connectivity index (χ2v) is 1.72.